The van der Waals surface area contributed by atoms with Crippen LogP contribution < -0.4 is 0 Å². The molecule has 2 aliphatic carbocycles. The Hall–Kier alpha value is -0.520. The summed E-state index contributed by atoms with van der Waals surface area (Å²) in [7, 11) is 0. The Balaban J connectivity index is 2.00. The van der Waals surface area contributed by atoms with Crippen LogP contribution >= 0.6 is 0 Å². The smallest absolute Gasteiger partial charge is 0.00161 e. The van der Waals surface area contributed by atoms with Crippen molar-refractivity contribution in [2.24, 2.45) is 23.7 Å². The van der Waals surface area contributed by atoms with Crippen LogP contribution in [0.5, 0.6) is 0 Å². The molecule has 2 aliphatic rings. The minimum atomic E-state index is 0.780. The molecule has 11 heavy (non-hydrogen) atoms. The van der Waals surface area contributed by atoms with Gasteiger partial charge < -0.3 is 0 Å². The van der Waals surface area contributed by atoms with Crippen LogP contribution in [-0.4, -0.2) is 0 Å². The third-order valence-corrected chi connectivity index (χ3v) is 2.84. The minimum absolute atomic E-state index is 0.780. The normalized spacial score (nSPS) is 39.4. The van der Waals surface area contributed by atoms with Gasteiger partial charge in [0.1, 0.15) is 0 Å². The van der Waals surface area contributed by atoms with Crippen LogP contribution in [0, 0.1) is 23.7 Å². The van der Waals surface area contributed by atoms with Gasteiger partial charge in [-0.25, -0.2) is 0 Å². The van der Waals surface area contributed by atoms with Gasteiger partial charge in [0, 0.05) is 0 Å². The molecule has 2 rings (SSSR count). The highest BCUT2D eigenvalue weighted by Gasteiger charge is 2.32. The number of rotatable bonds is 2. The second kappa shape index (κ2) is 2.51. The lowest BCUT2D eigenvalue weighted by atomic mass is 9.87. The molecule has 0 radical (unpaired) electrons. The van der Waals surface area contributed by atoms with Gasteiger partial charge in [-0.3, -0.25) is 0 Å². The summed E-state index contributed by atoms with van der Waals surface area (Å²) in [5.74, 6) is 3.32. The van der Waals surface area contributed by atoms with E-state index in [1.807, 2.05) is 0 Å². The van der Waals surface area contributed by atoms with E-state index in [1.54, 1.807) is 0 Å². The number of fused-ring (bicyclic) bond motifs is 2. The minimum Gasteiger partial charge on any atom is -0.0807 e. The Morgan fingerprint density at radius 3 is 1.82 bits per heavy atom. The third kappa shape index (κ3) is 1.15. The molecule has 0 aromatic rings. The van der Waals surface area contributed by atoms with Gasteiger partial charge in [0.05, 0.1) is 0 Å². The molecule has 60 valence electrons. The summed E-state index contributed by atoms with van der Waals surface area (Å²) in [5, 5.41) is 0. The summed E-state index contributed by atoms with van der Waals surface area (Å²) in [4.78, 5) is 0. The largest absolute Gasteiger partial charge is 0.0807 e. The van der Waals surface area contributed by atoms with Crippen molar-refractivity contribution in [3.8, 4) is 0 Å². The molecule has 0 N–H and O–H groups in total. The predicted octanol–water partition coefficient (Wildman–Crippen LogP) is 3.02. The van der Waals surface area contributed by atoms with Gasteiger partial charge in [-0.05, 0) is 30.1 Å². The quantitative estimate of drug-likeness (QED) is 0.528. The SMILES string of the molecule is CC(C)CC1C2C=CC1C=C2. The molecule has 0 aromatic heterocycles. The highest BCUT2D eigenvalue weighted by molar-refractivity contribution is 5.24. The van der Waals surface area contributed by atoms with Crippen molar-refractivity contribution >= 4 is 0 Å². The Bertz CT molecular complexity index is 168. The van der Waals surface area contributed by atoms with Crippen molar-refractivity contribution in [3.63, 3.8) is 0 Å². The van der Waals surface area contributed by atoms with Crippen molar-refractivity contribution in [2.45, 2.75) is 20.3 Å². The maximum Gasteiger partial charge on any atom is -0.00161 e. The monoisotopic (exact) mass is 148 g/mol. The van der Waals surface area contributed by atoms with Crippen molar-refractivity contribution in [1.82, 2.24) is 0 Å². The average Bonchev–Trinajstić information content (AvgIpc) is 2.48. The molecule has 0 atom stereocenters. The molecule has 0 fully saturated rings. The van der Waals surface area contributed by atoms with Crippen LogP contribution in [0.15, 0.2) is 24.3 Å². The predicted molar refractivity (Wildman–Crippen MR) is 48.2 cm³/mol. The molecule has 0 aromatic carbocycles. The Morgan fingerprint density at radius 1 is 1.00 bits per heavy atom. The fourth-order valence-corrected chi connectivity index (χ4v) is 2.33. The van der Waals surface area contributed by atoms with Crippen molar-refractivity contribution < 1.29 is 0 Å². The van der Waals surface area contributed by atoms with Crippen LogP contribution in [0.1, 0.15) is 20.3 Å². The lowest BCUT2D eigenvalue weighted by molar-refractivity contribution is 0.360. The molecule has 0 saturated heterocycles. The van der Waals surface area contributed by atoms with E-state index in [9.17, 15) is 0 Å². The summed E-state index contributed by atoms with van der Waals surface area (Å²) in [6.07, 6.45) is 10.9. The summed E-state index contributed by atoms with van der Waals surface area (Å²) in [5.41, 5.74) is 0. The molecule has 0 heteroatoms. The molecule has 0 aliphatic heterocycles. The van der Waals surface area contributed by atoms with Crippen LogP contribution in [-0.2, 0) is 0 Å². The maximum absolute atomic E-state index is 2.37. The van der Waals surface area contributed by atoms with E-state index < -0.39 is 0 Å². The van der Waals surface area contributed by atoms with E-state index in [0.29, 0.717) is 0 Å². The maximum atomic E-state index is 2.37. The van der Waals surface area contributed by atoms with E-state index in [-0.39, 0.29) is 0 Å². The van der Waals surface area contributed by atoms with Crippen LogP contribution in [0.3, 0.4) is 0 Å². The first-order valence-electron chi connectivity index (χ1n) is 4.64. The topological polar surface area (TPSA) is 0 Å². The number of allylic oxidation sites excluding steroid dienone is 4. The van der Waals surface area contributed by atoms with Gasteiger partial charge >= 0.3 is 0 Å². The van der Waals surface area contributed by atoms with Crippen LogP contribution in [0.2, 0.25) is 0 Å². The highest BCUT2D eigenvalue weighted by Crippen LogP contribution is 2.42. The molecular weight excluding hydrogens is 132 g/mol. The van der Waals surface area contributed by atoms with Gasteiger partial charge in [-0.15, -0.1) is 0 Å². The van der Waals surface area contributed by atoms with Gasteiger partial charge in [0.25, 0.3) is 0 Å². The molecule has 2 bridgehead atoms. The van der Waals surface area contributed by atoms with E-state index in [2.05, 4.69) is 38.2 Å². The van der Waals surface area contributed by atoms with Crippen molar-refractivity contribution in [3.05, 3.63) is 24.3 Å². The summed E-state index contributed by atoms with van der Waals surface area (Å²) < 4.78 is 0. The zero-order valence-corrected chi connectivity index (χ0v) is 7.33. The summed E-state index contributed by atoms with van der Waals surface area (Å²) >= 11 is 0. The van der Waals surface area contributed by atoms with E-state index in [0.717, 1.165) is 23.7 Å². The number of hydrogen-bond acceptors (Lipinski definition) is 0. The molecule has 0 heterocycles. The van der Waals surface area contributed by atoms with E-state index in [1.165, 1.54) is 6.42 Å². The molecule has 0 saturated carbocycles. The fraction of sp³-hybridized carbons (Fsp3) is 0.636. The molecule has 0 unspecified atom stereocenters. The number of hydrogen-bond donors (Lipinski definition) is 0. The Labute approximate surface area is 69.0 Å². The first kappa shape index (κ1) is 7.15. The molecule has 0 spiro atoms. The second-order valence-corrected chi connectivity index (χ2v) is 4.22. The first-order chi connectivity index (χ1) is 5.27. The van der Waals surface area contributed by atoms with Crippen molar-refractivity contribution in [2.75, 3.05) is 0 Å². The van der Waals surface area contributed by atoms with Crippen LogP contribution in [0.4, 0.5) is 0 Å². The lowest BCUT2D eigenvalue weighted by Gasteiger charge is -2.17. The zero-order chi connectivity index (χ0) is 7.84. The van der Waals surface area contributed by atoms with Gasteiger partial charge in [-0.1, -0.05) is 38.2 Å². The Morgan fingerprint density at radius 2 is 1.45 bits per heavy atom. The molecule has 0 nitrogen and oxygen atoms in total. The van der Waals surface area contributed by atoms with Gasteiger partial charge in [0.2, 0.25) is 0 Å². The highest BCUT2D eigenvalue weighted by atomic mass is 14.4. The van der Waals surface area contributed by atoms with Gasteiger partial charge in [-0.2, -0.15) is 0 Å². The van der Waals surface area contributed by atoms with Gasteiger partial charge in [0.15, 0.2) is 0 Å². The third-order valence-electron chi connectivity index (χ3n) is 2.84. The molecular formula is C11H16. The van der Waals surface area contributed by atoms with Crippen molar-refractivity contribution in [1.29, 1.82) is 0 Å². The molecule has 0 amide bonds. The van der Waals surface area contributed by atoms with E-state index in [4.69, 9.17) is 0 Å². The van der Waals surface area contributed by atoms with E-state index >= 15 is 0 Å². The Kier molecular flexibility index (Phi) is 1.63. The standard InChI is InChI=1S/C11H16/c1-8(2)7-11-9-3-4-10(11)6-5-9/h3-6,8-11H,7H2,1-2H3. The fourth-order valence-electron chi connectivity index (χ4n) is 2.33. The summed E-state index contributed by atoms with van der Waals surface area (Å²) in [6.45, 7) is 4.63. The first-order valence-corrected chi connectivity index (χ1v) is 4.64. The summed E-state index contributed by atoms with van der Waals surface area (Å²) in [6, 6.07) is 0. The van der Waals surface area contributed by atoms with Crippen LogP contribution in [0.25, 0.3) is 0 Å². The second-order valence-electron chi connectivity index (χ2n) is 4.22. The average molecular weight is 148 g/mol. The zero-order valence-electron chi connectivity index (χ0n) is 7.33. The lowest BCUT2D eigenvalue weighted by Crippen LogP contribution is -2.10.